The fourth-order valence-electron chi connectivity index (χ4n) is 1.13. The van der Waals surface area contributed by atoms with Crippen molar-refractivity contribution < 1.29 is 17.9 Å². The number of hydrogen-bond acceptors (Lipinski definition) is 2. The van der Waals surface area contributed by atoms with Gasteiger partial charge < -0.3 is 10.5 Å². The van der Waals surface area contributed by atoms with E-state index < -0.39 is 18.3 Å². The lowest BCUT2D eigenvalue weighted by Crippen LogP contribution is -2.47. The van der Waals surface area contributed by atoms with E-state index in [0.29, 0.717) is 0 Å². The highest BCUT2D eigenvalue weighted by Gasteiger charge is 2.44. The van der Waals surface area contributed by atoms with Crippen LogP contribution in [0.4, 0.5) is 13.2 Å². The van der Waals surface area contributed by atoms with Crippen molar-refractivity contribution in [3.05, 3.63) is 27.8 Å². The van der Waals surface area contributed by atoms with Gasteiger partial charge in [-0.1, -0.05) is 0 Å². The summed E-state index contributed by atoms with van der Waals surface area (Å²) >= 11 is 2.06. The number of halogens is 4. The third-order valence-corrected chi connectivity index (χ3v) is 2.60. The molecule has 16 heavy (non-hydrogen) atoms. The summed E-state index contributed by atoms with van der Waals surface area (Å²) in [5, 5.41) is 0. The first-order valence-electron chi connectivity index (χ1n) is 4.55. The van der Waals surface area contributed by atoms with Crippen molar-refractivity contribution in [3.8, 4) is 5.75 Å². The third-order valence-electron chi connectivity index (χ3n) is 1.88. The van der Waals surface area contributed by atoms with Crippen molar-refractivity contribution in [3.63, 3.8) is 0 Å². The van der Waals surface area contributed by atoms with Gasteiger partial charge >= 0.3 is 6.18 Å². The Balaban J connectivity index is 2.80. The summed E-state index contributed by atoms with van der Waals surface area (Å²) in [6.45, 7) is 1.27. The summed E-state index contributed by atoms with van der Waals surface area (Å²) in [4.78, 5) is 0. The molecule has 0 heterocycles. The van der Waals surface area contributed by atoms with E-state index in [0.717, 1.165) is 3.57 Å². The number of ether oxygens (including phenoxy) is 1. The molecule has 1 aromatic carbocycles. The minimum Gasteiger partial charge on any atom is -0.479 e. The van der Waals surface area contributed by atoms with E-state index in [9.17, 15) is 13.2 Å². The third kappa shape index (κ3) is 3.82. The average molecular weight is 345 g/mol. The van der Waals surface area contributed by atoms with Gasteiger partial charge in [0.25, 0.3) is 0 Å². The predicted octanol–water partition coefficient (Wildman–Crippen LogP) is 2.95. The van der Waals surface area contributed by atoms with Crippen LogP contribution in [0.2, 0.25) is 0 Å². The molecule has 0 aliphatic heterocycles. The Hall–Kier alpha value is -0.500. The Kier molecular flexibility index (Phi) is 4.43. The van der Waals surface area contributed by atoms with E-state index in [1.807, 2.05) is 0 Å². The molecular formula is C10H11F3INO. The van der Waals surface area contributed by atoms with Crippen LogP contribution in [0, 0.1) is 3.57 Å². The first kappa shape index (κ1) is 13.6. The zero-order valence-electron chi connectivity index (χ0n) is 8.46. The number of hydrogen-bond donors (Lipinski definition) is 1. The molecule has 0 aliphatic carbocycles. The molecule has 0 fully saturated rings. The lowest BCUT2D eigenvalue weighted by Gasteiger charge is -2.24. The molecule has 2 atom stereocenters. The molecule has 0 saturated carbocycles. The second-order valence-corrected chi connectivity index (χ2v) is 4.64. The molecule has 0 aromatic heterocycles. The van der Waals surface area contributed by atoms with Gasteiger partial charge in [0.15, 0.2) is 0 Å². The van der Waals surface area contributed by atoms with Gasteiger partial charge in [0.2, 0.25) is 6.10 Å². The maximum atomic E-state index is 12.5. The Bertz CT molecular complexity index is 337. The van der Waals surface area contributed by atoms with E-state index in [-0.39, 0.29) is 5.75 Å². The average Bonchev–Trinajstić information content (AvgIpc) is 2.14. The van der Waals surface area contributed by atoms with Crippen molar-refractivity contribution in [1.82, 2.24) is 0 Å². The second-order valence-electron chi connectivity index (χ2n) is 3.39. The number of alkyl halides is 3. The Morgan fingerprint density at radius 3 is 2.12 bits per heavy atom. The molecule has 0 spiro atoms. The first-order valence-corrected chi connectivity index (χ1v) is 5.63. The maximum Gasteiger partial charge on any atom is 0.426 e. The van der Waals surface area contributed by atoms with Crippen molar-refractivity contribution in [1.29, 1.82) is 0 Å². The highest BCUT2D eigenvalue weighted by atomic mass is 127. The maximum absolute atomic E-state index is 12.5. The molecule has 0 radical (unpaired) electrons. The molecule has 2 unspecified atom stereocenters. The normalized spacial score (nSPS) is 15.6. The fourth-order valence-corrected chi connectivity index (χ4v) is 1.49. The topological polar surface area (TPSA) is 35.2 Å². The molecule has 6 heteroatoms. The molecule has 1 rings (SSSR count). The van der Waals surface area contributed by atoms with Crippen molar-refractivity contribution in [2.24, 2.45) is 5.73 Å². The predicted molar refractivity (Wildman–Crippen MR) is 63.3 cm³/mol. The zero-order chi connectivity index (χ0) is 12.3. The summed E-state index contributed by atoms with van der Waals surface area (Å²) in [6.07, 6.45) is -6.44. The number of benzene rings is 1. The van der Waals surface area contributed by atoms with Gasteiger partial charge in [0, 0.05) is 9.61 Å². The van der Waals surface area contributed by atoms with Gasteiger partial charge in [-0.2, -0.15) is 13.2 Å². The van der Waals surface area contributed by atoms with Crippen LogP contribution in [0.15, 0.2) is 24.3 Å². The zero-order valence-corrected chi connectivity index (χ0v) is 10.6. The summed E-state index contributed by atoms with van der Waals surface area (Å²) < 4.78 is 43.4. The fraction of sp³-hybridized carbons (Fsp3) is 0.400. The van der Waals surface area contributed by atoms with Crippen molar-refractivity contribution in [2.75, 3.05) is 0 Å². The number of nitrogens with two attached hydrogens (primary N) is 1. The van der Waals surface area contributed by atoms with Crippen LogP contribution in [-0.4, -0.2) is 18.3 Å². The van der Waals surface area contributed by atoms with E-state index >= 15 is 0 Å². The Labute approximate surface area is 105 Å². The van der Waals surface area contributed by atoms with Crippen LogP contribution in [0.1, 0.15) is 6.92 Å². The Morgan fingerprint density at radius 2 is 1.75 bits per heavy atom. The monoisotopic (exact) mass is 345 g/mol. The summed E-state index contributed by atoms with van der Waals surface area (Å²) in [6, 6.07) is 5.21. The molecule has 1 aromatic rings. The van der Waals surface area contributed by atoms with Gasteiger partial charge in [0.05, 0.1) is 0 Å². The summed E-state index contributed by atoms with van der Waals surface area (Å²) in [7, 11) is 0. The lowest BCUT2D eigenvalue weighted by atomic mass is 10.2. The van der Waals surface area contributed by atoms with Crippen LogP contribution in [0.3, 0.4) is 0 Å². The molecule has 0 aliphatic rings. The van der Waals surface area contributed by atoms with Crippen LogP contribution in [0.5, 0.6) is 5.75 Å². The van der Waals surface area contributed by atoms with Gasteiger partial charge in [-0.3, -0.25) is 0 Å². The van der Waals surface area contributed by atoms with Crippen molar-refractivity contribution in [2.45, 2.75) is 25.2 Å². The van der Waals surface area contributed by atoms with E-state index in [1.165, 1.54) is 19.1 Å². The Morgan fingerprint density at radius 1 is 1.25 bits per heavy atom. The molecule has 0 saturated heterocycles. The molecule has 2 nitrogen and oxygen atoms in total. The van der Waals surface area contributed by atoms with Crippen LogP contribution in [0.25, 0.3) is 0 Å². The smallest absolute Gasteiger partial charge is 0.426 e. The minimum absolute atomic E-state index is 0.167. The summed E-state index contributed by atoms with van der Waals surface area (Å²) in [5.41, 5.74) is 5.25. The van der Waals surface area contributed by atoms with Gasteiger partial charge in [-0.15, -0.1) is 0 Å². The largest absolute Gasteiger partial charge is 0.479 e. The molecule has 0 amide bonds. The summed E-state index contributed by atoms with van der Waals surface area (Å²) in [5.74, 6) is 0.167. The van der Waals surface area contributed by atoms with E-state index in [2.05, 4.69) is 22.6 Å². The van der Waals surface area contributed by atoms with Crippen molar-refractivity contribution >= 4 is 22.6 Å². The van der Waals surface area contributed by atoms with E-state index in [4.69, 9.17) is 10.5 Å². The van der Waals surface area contributed by atoms with Gasteiger partial charge in [-0.25, -0.2) is 0 Å². The second kappa shape index (κ2) is 5.22. The molecule has 2 N–H and O–H groups in total. The van der Waals surface area contributed by atoms with E-state index in [1.54, 1.807) is 12.1 Å². The van der Waals surface area contributed by atoms with Crippen LogP contribution >= 0.6 is 22.6 Å². The highest BCUT2D eigenvalue weighted by molar-refractivity contribution is 14.1. The van der Waals surface area contributed by atoms with Gasteiger partial charge in [0.1, 0.15) is 5.75 Å². The van der Waals surface area contributed by atoms with Gasteiger partial charge in [-0.05, 0) is 53.8 Å². The molecule has 0 bridgehead atoms. The number of rotatable bonds is 3. The quantitative estimate of drug-likeness (QED) is 0.855. The lowest BCUT2D eigenvalue weighted by molar-refractivity contribution is -0.199. The first-order chi connectivity index (χ1) is 7.30. The van der Waals surface area contributed by atoms with Crippen LogP contribution in [-0.2, 0) is 0 Å². The molecule has 90 valence electrons. The van der Waals surface area contributed by atoms with Crippen LogP contribution < -0.4 is 10.5 Å². The SMILES string of the molecule is CC(N)C(Oc1ccc(I)cc1)C(F)(F)F. The molecular weight excluding hydrogens is 334 g/mol. The standard InChI is InChI=1S/C10H11F3INO/c1-6(15)9(10(11,12)13)16-8-4-2-7(14)3-5-8/h2-6,9H,15H2,1H3. The highest BCUT2D eigenvalue weighted by Crippen LogP contribution is 2.27. The minimum atomic E-state index is -4.46.